The average Bonchev–Trinajstić information content (AvgIpc) is 2.44. The number of carbonyl (C=O) groups is 1. The van der Waals surface area contributed by atoms with Crippen molar-refractivity contribution in [3.63, 3.8) is 0 Å². The van der Waals surface area contributed by atoms with Crippen LogP contribution in [0.25, 0.3) is 0 Å². The Morgan fingerprint density at radius 1 is 1.40 bits per heavy atom. The second-order valence-electron chi connectivity index (χ2n) is 5.02. The zero-order valence-electron chi connectivity index (χ0n) is 10.6. The number of nitrogens with zero attached hydrogens (tertiary/aromatic N) is 1. The van der Waals surface area contributed by atoms with E-state index in [0.29, 0.717) is 11.8 Å². The van der Waals surface area contributed by atoms with Gasteiger partial charge in [-0.15, -0.1) is 0 Å². The van der Waals surface area contributed by atoms with Crippen molar-refractivity contribution >= 4 is 5.91 Å². The van der Waals surface area contributed by atoms with Gasteiger partial charge in [-0.2, -0.15) is 0 Å². The summed E-state index contributed by atoms with van der Waals surface area (Å²) in [7, 11) is 0. The van der Waals surface area contributed by atoms with Gasteiger partial charge in [-0.3, -0.25) is 10.1 Å². The summed E-state index contributed by atoms with van der Waals surface area (Å²) < 4.78 is 0. The van der Waals surface area contributed by atoms with Crippen LogP contribution in [0.4, 0.5) is 0 Å². The maximum atomic E-state index is 12.0. The Morgan fingerprint density at radius 3 is 2.40 bits per heavy atom. The monoisotopic (exact) mass is 212 g/mol. The van der Waals surface area contributed by atoms with Crippen molar-refractivity contribution in [3.05, 3.63) is 0 Å². The fourth-order valence-corrected chi connectivity index (χ4v) is 1.91. The molecule has 15 heavy (non-hydrogen) atoms. The summed E-state index contributed by atoms with van der Waals surface area (Å²) in [6, 6.07) is 0.0411. The van der Waals surface area contributed by atoms with Gasteiger partial charge >= 0.3 is 0 Å². The van der Waals surface area contributed by atoms with Gasteiger partial charge in [0.1, 0.15) is 0 Å². The second-order valence-corrected chi connectivity index (χ2v) is 5.02. The molecule has 0 aromatic heterocycles. The van der Waals surface area contributed by atoms with E-state index in [1.165, 1.54) is 0 Å². The quantitative estimate of drug-likeness (QED) is 0.771. The summed E-state index contributed by atoms with van der Waals surface area (Å²) in [5.41, 5.74) is 0. The third kappa shape index (κ3) is 2.71. The van der Waals surface area contributed by atoms with E-state index in [1.54, 1.807) is 0 Å². The first-order valence-electron chi connectivity index (χ1n) is 6.03. The van der Waals surface area contributed by atoms with Crippen LogP contribution >= 0.6 is 0 Å². The van der Waals surface area contributed by atoms with Crippen LogP contribution in [0.5, 0.6) is 0 Å². The molecule has 0 bridgehead atoms. The Balaban J connectivity index is 2.58. The molecule has 0 aromatic rings. The molecule has 3 atom stereocenters. The molecule has 88 valence electrons. The molecule has 3 unspecified atom stereocenters. The Morgan fingerprint density at radius 2 is 2.00 bits per heavy atom. The highest BCUT2D eigenvalue weighted by Crippen LogP contribution is 2.18. The lowest BCUT2D eigenvalue weighted by Gasteiger charge is -2.26. The molecule has 1 aliphatic heterocycles. The Labute approximate surface area is 93.2 Å². The number of hydrogen-bond acceptors (Lipinski definition) is 2. The smallest absolute Gasteiger partial charge is 0.241 e. The zero-order valence-corrected chi connectivity index (χ0v) is 10.6. The number of nitrogens with one attached hydrogen (secondary N) is 1. The largest absolute Gasteiger partial charge is 0.326 e. The fourth-order valence-electron chi connectivity index (χ4n) is 1.91. The molecule has 3 nitrogen and oxygen atoms in total. The van der Waals surface area contributed by atoms with E-state index in [0.717, 1.165) is 13.0 Å². The normalized spacial score (nSPS) is 28.9. The van der Waals surface area contributed by atoms with Gasteiger partial charge in [0, 0.05) is 6.54 Å². The maximum absolute atomic E-state index is 12.0. The first-order valence-corrected chi connectivity index (χ1v) is 6.03. The van der Waals surface area contributed by atoms with Crippen molar-refractivity contribution in [1.82, 2.24) is 10.2 Å². The van der Waals surface area contributed by atoms with Crippen molar-refractivity contribution in [3.8, 4) is 0 Å². The molecule has 0 radical (unpaired) electrons. The minimum absolute atomic E-state index is 0.0411. The number of carbonyl (C=O) groups excluding carboxylic acids is 1. The van der Waals surface area contributed by atoms with E-state index >= 15 is 0 Å². The lowest BCUT2D eigenvalue weighted by Crippen LogP contribution is -2.38. The van der Waals surface area contributed by atoms with Crippen molar-refractivity contribution in [1.29, 1.82) is 0 Å². The van der Waals surface area contributed by atoms with E-state index in [1.807, 2.05) is 4.90 Å². The number of amides is 1. The molecule has 1 N–H and O–H groups in total. The predicted molar refractivity (Wildman–Crippen MR) is 62.4 cm³/mol. The van der Waals surface area contributed by atoms with E-state index < -0.39 is 0 Å². The van der Waals surface area contributed by atoms with Crippen molar-refractivity contribution < 1.29 is 4.79 Å². The average molecular weight is 212 g/mol. The highest BCUT2D eigenvalue weighted by atomic mass is 16.2. The van der Waals surface area contributed by atoms with Crippen molar-refractivity contribution in [2.75, 3.05) is 6.54 Å². The molecule has 0 aliphatic carbocycles. The van der Waals surface area contributed by atoms with Crippen LogP contribution in [-0.2, 0) is 4.79 Å². The molecule has 3 heteroatoms. The molecule has 1 aliphatic rings. The third-order valence-electron chi connectivity index (χ3n) is 3.52. The van der Waals surface area contributed by atoms with Crippen LogP contribution < -0.4 is 5.32 Å². The summed E-state index contributed by atoms with van der Waals surface area (Å²) in [6.45, 7) is 11.6. The van der Waals surface area contributed by atoms with Gasteiger partial charge in [0.2, 0.25) is 5.91 Å². The third-order valence-corrected chi connectivity index (χ3v) is 3.52. The van der Waals surface area contributed by atoms with Gasteiger partial charge in [-0.05, 0) is 25.2 Å². The summed E-state index contributed by atoms with van der Waals surface area (Å²) in [5, 5.41) is 3.32. The van der Waals surface area contributed by atoms with E-state index in [4.69, 9.17) is 0 Å². The Kier molecular flexibility index (Phi) is 4.14. The Hall–Kier alpha value is -0.570. The Bertz CT molecular complexity index is 228. The molecule has 1 heterocycles. The molecular formula is C12H24N2O. The van der Waals surface area contributed by atoms with Crippen LogP contribution in [-0.4, -0.2) is 29.6 Å². The van der Waals surface area contributed by atoms with Crippen LogP contribution in [0, 0.1) is 11.8 Å². The lowest BCUT2D eigenvalue weighted by atomic mass is 9.97. The van der Waals surface area contributed by atoms with Gasteiger partial charge < -0.3 is 4.90 Å². The molecule has 1 saturated heterocycles. The molecule has 1 rings (SSSR count). The first-order chi connectivity index (χ1) is 6.97. The highest BCUT2D eigenvalue weighted by molar-refractivity contribution is 5.84. The van der Waals surface area contributed by atoms with Gasteiger partial charge in [0.05, 0.1) is 12.2 Å². The number of hydrogen-bond donors (Lipinski definition) is 1. The summed E-state index contributed by atoms with van der Waals surface area (Å²) in [5.74, 6) is 1.47. The maximum Gasteiger partial charge on any atom is 0.241 e. The second kappa shape index (κ2) is 4.97. The van der Waals surface area contributed by atoms with Crippen molar-refractivity contribution in [2.45, 2.75) is 53.2 Å². The number of rotatable bonds is 4. The van der Waals surface area contributed by atoms with Crippen LogP contribution in [0.3, 0.4) is 0 Å². The van der Waals surface area contributed by atoms with E-state index in [9.17, 15) is 4.79 Å². The van der Waals surface area contributed by atoms with Crippen LogP contribution in [0.15, 0.2) is 0 Å². The standard InChI is InChI=1S/C12H24N2O/c1-6-11-12(15)14(10(5)13-11)7-9(4)8(2)3/h8-11,13H,6-7H2,1-5H3. The molecule has 0 saturated carbocycles. The van der Waals surface area contributed by atoms with E-state index in [2.05, 4.69) is 39.9 Å². The molecule has 0 aromatic carbocycles. The summed E-state index contributed by atoms with van der Waals surface area (Å²) in [4.78, 5) is 14.0. The first kappa shape index (κ1) is 12.5. The molecular weight excluding hydrogens is 188 g/mol. The zero-order chi connectivity index (χ0) is 11.6. The summed E-state index contributed by atoms with van der Waals surface area (Å²) in [6.07, 6.45) is 1.08. The molecule has 1 amide bonds. The SMILES string of the molecule is CCC1NC(C)N(CC(C)C(C)C)C1=O. The summed E-state index contributed by atoms with van der Waals surface area (Å²) >= 11 is 0. The van der Waals surface area contributed by atoms with Crippen LogP contribution in [0.2, 0.25) is 0 Å². The van der Waals surface area contributed by atoms with Crippen LogP contribution in [0.1, 0.15) is 41.0 Å². The van der Waals surface area contributed by atoms with E-state index in [-0.39, 0.29) is 18.1 Å². The predicted octanol–water partition coefficient (Wildman–Crippen LogP) is 1.83. The van der Waals surface area contributed by atoms with Gasteiger partial charge in [-0.25, -0.2) is 0 Å². The molecule has 0 spiro atoms. The van der Waals surface area contributed by atoms with Gasteiger partial charge in [0.25, 0.3) is 0 Å². The minimum atomic E-state index is 0.0411. The highest BCUT2D eigenvalue weighted by Gasteiger charge is 2.35. The van der Waals surface area contributed by atoms with Crippen molar-refractivity contribution in [2.24, 2.45) is 11.8 Å². The fraction of sp³-hybridized carbons (Fsp3) is 0.917. The molecule has 1 fully saturated rings. The van der Waals surface area contributed by atoms with Gasteiger partial charge in [0.15, 0.2) is 0 Å². The van der Waals surface area contributed by atoms with Gasteiger partial charge in [-0.1, -0.05) is 27.7 Å². The minimum Gasteiger partial charge on any atom is -0.326 e. The lowest BCUT2D eigenvalue weighted by molar-refractivity contribution is -0.130. The topological polar surface area (TPSA) is 32.3 Å².